The summed E-state index contributed by atoms with van der Waals surface area (Å²) in [6, 6.07) is 7.46. The van der Waals surface area contributed by atoms with Crippen molar-refractivity contribution in [1.82, 2.24) is 15.1 Å². The Morgan fingerprint density at radius 2 is 1.90 bits per heavy atom. The van der Waals surface area contributed by atoms with Crippen LogP contribution in [0.25, 0.3) is 0 Å². The molecule has 30 heavy (non-hydrogen) atoms. The zero-order chi connectivity index (χ0) is 21.5. The monoisotopic (exact) mass is 415 g/mol. The van der Waals surface area contributed by atoms with Crippen LogP contribution in [0.1, 0.15) is 57.1 Å². The van der Waals surface area contributed by atoms with Crippen LogP contribution in [0.2, 0.25) is 0 Å². The molecule has 1 aromatic rings. The van der Waals surface area contributed by atoms with Crippen LogP contribution >= 0.6 is 0 Å². The molecule has 7 nitrogen and oxygen atoms in total. The summed E-state index contributed by atoms with van der Waals surface area (Å²) < 4.78 is 5.44. The van der Waals surface area contributed by atoms with Gasteiger partial charge in [-0.25, -0.2) is 4.79 Å². The molecule has 2 aliphatic rings. The minimum Gasteiger partial charge on any atom is -0.379 e. The Bertz CT molecular complexity index is 722. The molecule has 0 aromatic heterocycles. The van der Waals surface area contributed by atoms with E-state index >= 15 is 0 Å². The number of urea groups is 1. The minimum absolute atomic E-state index is 0.0442. The topological polar surface area (TPSA) is 79.0 Å². The lowest BCUT2D eigenvalue weighted by atomic mass is 9.95. The maximum absolute atomic E-state index is 12.7. The van der Waals surface area contributed by atoms with E-state index in [1.807, 2.05) is 38.1 Å². The summed E-state index contributed by atoms with van der Waals surface area (Å²) in [5.74, 6) is -0.0429. The van der Waals surface area contributed by atoms with Gasteiger partial charge in [-0.1, -0.05) is 30.7 Å². The number of nitrogens with zero attached hydrogens (tertiary/aromatic N) is 2. The highest BCUT2D eigenvalue weighted by atomic mass is 16.5. The summed E-state index contributed by atoms with van der Waals surface area (Å²) in [5, 5.41) is 2.90. The molecule has 0 aliphatic carbocycles. The van der Waals surface area contributed by atoms with Crippen molar-refractivity contribution in [3.8, 4) is 0 Å². The van der Waals surface area contributed by atoms with E-state index in [0.29, 0.717) is 39.1 Å². The van der Waals surface area contributed by atoms with Crippen molar-refractivity contribution in [1.29, 1.82) is 0 Å². The average Bonchev–Trinajstić information content (AvgIpc) is 2.95. The molecule has 1 N–H and O–H groups in total. The van der Waals surface area contributed by atoms with Gasteiger partial charge in [0.05, 0.1) is 6.10 Å². The van der Waals surface area contributed by atoms with Crippen LogP contribution in [0.3, 0.4) is 0 Å². The second-order valence-corrected chi connectivity index (χ2v) is 8.32. The van der Waals surface area contributed by atoms with Gasteiger partial charge < -0.3 is 15.0 Å². The van der Waals surface area contributed by atoms with Gasteiger partial charge >= 0.3 is 6.03 Å². The van der Waals surface area contributed by atoms with Crippen LogP contribution in [-0.4, -0.2) is 59.5 Å². The SMILES string of the molecule is CC(C)OCCCNC(=O)CCCCCN1C(=O)[C@@H]2Cc3ccccc3CN2C1=O. The molecule has 0 saturated carbocycles. The van der Waals surface area contributed by atoms with Crippen LogP contribution in [-0.2, 0) is 27.3 Å². The summed E-state index contributed by atoms with van der Waals surface area (Å²) in [6.07, 6.45) is 4.38. The Hall–Kier alpha value is -2.41. The number of rotatable bonds is 11. The first kappa shape index (κ1) is 22.3. The van der Waals surface area contributed by atoms with E-state index in [1.165, 1.54) is 4.90 Å². The largest absolute Gasteiger partial charge is 0.379 e. The smallest absolute Gasteiger partial charge is 0.327 e. The van der Waals surface area contributed by atoms with Gasteiger partial charge in [-0.2, -0.15) is 0 Å². The Kier molecular flexibility index (Phi) is 7.85. The number of nitrogens with one attached hydrogen (secondary N) is 1. The summed E-state index contributed by atoms with van der Waals surface area (Å²) in [7, 11) is 0. The number of hydrogen-bond donors (Lipinski definition) is 1. The summed E-state index contributed by atoms with van der Waals surface area (Å²) >= 11 is 0. The van der Waals surface area contributed by atoms with Gasteiger partial charge in [-0.3, -0.25) is 14.5 Å². The highest BCUT2D eigenvalue weighted by Gasteiger charge is 2.46. The Balaban J connectivity index is 1.33. The number of fused-ring (bicyclic) bond motifs is 2. The van der Waals surface area contributed by atoms with Gasteiger partial charge in [0, 0.05) is 39.1 Å². The van der Waals surface area contributed by atoms with E-state index in [0.717, 1.165) is 36.8 Å². The van der Waals surface area contributed by atoms with Crippen LogP contribution in [0.15, 0.2) is 24.3 Å². The molecule has 1 saturated heterocycles. The molecule has 1 fully saturated rings. The number of carbonyl (C=O) groups excluding carboxylic acids is 3. The molecule has 4 amide bonds. The number of carbonyl (C=O) groups is 3. The first-order valence-electron chi connectivity index (χ1n) is 11.0. The number of ether oxygens (including phenoxy) is 1. The van der Waals surface area contributed by atoms with Crippen molar-refractivity contribution in [3.63, 3.8) is 0 Å². The highest BCUT2D eigenvalue weighted by molar-refractivity contribution is 6.04. The maximum atomic E-state index is 12.7. The van der Waals surface area contributed by atoms with Crippen molar-refractivity contribution >= 4 is 17.8 Å². The van der Waals surface area contributed by atoms with Crippen LogP contribution in [0.5, 0.6) is 0 Å². The van der Waals surface area contributed by atoms with Gasteiger partial charge in [0.25, 0.3) is 5.91 Å². The summed E-state index contributed by atoms with van der Waals surface area (Å²) in [4.78, 5) is 40.4. The van der Waals surface area contributed by atoms with Crippen LogP contribution in [0, 0.1) is 0 Å². The van der Waals surface area contributed by atoms with E-state index in [2.05, 4.69) is 5.32 Å². The number of hydrogen-bond acceptors (Lipinski definition) is 4. The van der Waals surface area contributed by atoms with Crippen molar-refractivity contribution in [2.45, 2.75) is 71.1 Å². The molecule has 0 bridgehead atoms. The quantitative estimate of drug-likeness (QED) is 0.445. The molecule has 0 radical (unpaired) electrons. The average molecular weight is 416 g/mol. The lowest BCUT2D eigenvalue weighted by Crippen LogP contribution is -2.39. The lowest BCUT2D eigenvalue weighted by molar-refractivity contribution is -0.128. The molecule has 0 spiro atoms. The molecule has 2 heterocycles. The summed E-state index contributed by atoms with van der Waals surface area (Å²) in [6.45, 7) is 6.19. The number of unbranched alkanes of at least 4 members (excludes halogenated alkanes) is 2. The van der Waals surface area contributed by atoms with Crippen molar-refractivity contribution in [2.24, 2.45) is 0 Å². The van der Waals surface area contributed by atoms with Crippen molar-refractivity contribution in [3.05, 3.63) is 35.4 Å². The zero-order valence-corrected chi connectivity index (χ0v) is 18.1. The molecule has 0 unspecified atom stereocenters. The predicted molar refractivity (Wildman–Crippen MR) is 114 cm³/mol. The van der Waals surface area contributed by atoms with Gasteiger partial charge in [0.15, 0.2) is 0 Å². The molecule has 7 heteroatoms. The third-order valence-corrected chi connectivity index (χ3v) is 5.66. The van der Waals surface area contributed by atoms with E-state index < -0.39 is 0 Å². The Morgan fingerprint density at radius 1 is 1.13 bits per heavy atom. The van der Waals surface area contributed by atoms with Crippen molar-refractivity contribution in [2.75, 3.05) is 19.7 Å². The van der Waals surface area contributed by atoms with Gasteiger partial charge in [0.1, 0.15) is 6.04 Å². The van der Waals surface area contributed by atoms with Crippen molar-refractivity contribution < 1.29 is 19.1 Å². The van der Waals surface area contributed by atoms with E-state index in [9.17, 15) is 14.4 Å². The molecule has 1 atom stereocenters. The van der Waals surface area contributed by atoms with Gasteiger partial charge in [0.2, 0.25) is 5.91 Å². The fourth-order valence-corrected chi connectivity index (χ4v) is 4.02. The third-order valence-electron chi connectivity index (χ3n) is 5.66. The first-order valence-corrected chi connectivity index (χ1v) is 11.0. The Labute approximate surface area is 178 Å². The van der Waals surface area contributed by atoms with Crippen LogP contribution in [0.4, 0.5) is 4.79 Å². The molecular formula is C23H33N3O4. The zero-order valence-electron chi connectivity index (χ0n) is 18.1. The normalized spacial score (nSPS) is 18.0. The highest BCUT2D eigenvalue weighted by Crippen LogP contribution is 2.30. The lowest BCUT2D eigenvalue weighted by Gasteiger charge is -2.28. The summed E-state index contributed by atoms with van der Waals surface area (Å²) in [5.41, 5.74) is 2.28. The molecule has 2 aliphatic heterocycles. The molecule has 164 valence electrons. The van der Waals surface area contributed by atoms with E-state index in [-0.39, 0.29) is 30.0 Å². The van der Waals surface area contributed by atoms with E-state index in [1.54, 1.807) is 4.90 Å². The molecule has 1 aromatic carbocycles. The third kappa shape index (κ3) is 5.59. The van der Waals surface area contributed by atoms with Gasteiger partial charge in [-0.15, -0.1) is 0 Å². The van der Waals surface area contributed by atoms with Crippen LogP contribution < -0.4 is 5.32 Å². The predicted octanol–water partition coefficient (Wildman–Crippen LogP) is 2.87. The second-order valence-electron chi connectivity index (χ2n) is 8.32. The first-order chi connectivity index (χ1) is 14.5. The fourth-order valence-electron chi connectivity index (χ4n) is 4.02. The fraction of sp³-hybridized carbons (Fsp3) is 0.609. The standard InChI is InChI=1S/C23H33N3O4/c1-17(2)30-14-8-12-24-21(27)11-4-3-7-13-25-22(28)20-15-18-9-5-6-10-19(18)16-26(20)23(25)29/h5-6,9-10,17,20H,3-4,7-8,11-16H2,1-2H3,(H,24,27)/t20-/m0/s1. The minimum atomic E-state index is -0.363. The number of amides is 4. The van der Waals surface area contributed by atoms with E-state index in [4.69, 9.17) is 4.74 Å². The second kappa shape index (κ2) is 10.6. The Morgan fingerprint density at radius 3 is 2.67 bits per heavy atom. The molecular weight excluding hydrogens is 382 g/mol. The number of imide groups is 1. The maximum Gasteiger partial charge on any atom is 0.327 e. The molecule has 3 rings (SSSR count). The number of benzene rings is 1. The van der Waals surface area contributed by atoms with Gasteiger partial charge in [-0.05, 0) is 44.2 Å².